The summed E-state index contributed by atoms with van der Waals surface area (Å²) in [7, 11) is 1.08. The van der Waals surface area contributed by atoms with E-state index in [0.29, 0.717) is 6.61 Å². The van der Waals surface area contributed by atoms with Crippen LogP contribution in [0.15, 0.2) is 11.8 Å². The number of rotatable bonds is 6. The highest BCUT2D eigenvalue weighted by Crippen LogP contribution is 2.08. The normalized spacial score (nSPS) is 11.2. The van der Waals surface area contributed by atoms with Gasteiger partial charge in [-0.25, -0.2) is 4.79 Å². The molecule has 0 amide bonds. The lowest BCUT2D eigenvalue weighted by Crippen LogP contribution is -2.25. The molecule has 16 heavy (non-hydrogen) atoms. The summed E-state index contributed by atoms with van der Waals surface area (Å²) in [5.41, 5.74) is -0.274. The molecule has 0 aliphatic heterocycles. The molecule has 0 spiro atoms. The third kappa shape index (κ3) is 3.84. The van der Waals surface area contributed by atoms with Crippen LogP contribution in [-0.2, 0) is 23.9 Å². The van der Waals surface area contributed by atoms with Crippen LogP contribution in [-0.4, -0.2) is 31.3 Å². The molecule has 0 saturated carbocycles. The third-order valence-electron chi connectivity index (χ3n) is 1.77. The molecule has 0 aromatic rings. The summed E-state index contributed by atoms with van der Waals surface area (Å²) in [6.45, 7) is 5.28. The van der Waals surface area contributed by atoms with Gasteiger partial charge in [0.05, 0.1) is 20.0 Å². The molecule has 0 aliphatic rings. The third-order valence-corrected chi connectivity index (χ3v) is 1.77. The van der Waals surface area contributed by atoms with E-state index in [1.165, 1.54) is 0 Å². The van der Waals surface area contributed by atoms with E-state index in [1.807, 2.05) is 0 Å². The van der Waals surface area contributed by atoms with Crippen molar-refractivity contribution < 1.29 is 23.9 Å². The first-order valence-corrected chi connectivity index (χ1v) is 4.94. The summed E-state index contributed by atoms with van der Waals surface area (Å²) in [5, 5.41) is 0. The minimum atomic E-state index is -1.07. The molecule has 5 nitrogen and oxygen atoms in total. The smallest absolute Gasteiger partial charge is 0.379 e. The van der Waals surface area contributed by atoms with Crippen LogP contribution < -0.4 is 0 Å². The van der Waals surface area contributed by atoms with Crippen molar-refractivity contribution in [2.24, 2.45) is 5.92 Å². The maximum absolute atomic E-state index is 11.6. The van der Waals surface area contributed by atoms with Crippen molar-refractivity contribution >= 4 is 17.5 Å². The molecule has 90 valence electrons. The fourth-order valence-corrected chi connectivity index (χ4v) is 0.904. The predicted octanol–water partition coefficient (Wildman–Crippen LogP) is 0.874. The Morgan fingerprint density at radius 3 is 2.19 bits per heavy atom. The van der Waals surface area contributed by atoms with E-state index < -0.39 is 17.5 Å². The van der Waals surface area contributed by atoms with Crippen molar-refractivity contribution in [1.29, 1.82) is 0 Å². The monoisotopic (exact) mass is 228 g/mol. The van der Waals surface area contributed by atoms with Crippen molar-refractivity contribution in [3.8, 4) is 0 Å². The lowest BCUT2D eigenvalue weighted by Gasteiger charge is -2.07. The summed E-state index contributed by atoms with van der Waals surface area (Å²) in [5.74, 6) is -2.88. The molecule has 0 N–H and O–H groups in total. The number of carbonyl (C=O) groups is 3. The summed E-state index contributed by atoms with van der Waals surface area (Å²) < 4.78 is 9.14. The fraction of sp³-hybridized carbons (Fsp3) is 0.545. The molecule has 0 unspecified atom stereocenters. The van der Waals surface area contributed by atoms with E-state index in [0.717, 1.165) is 13.4 Å². The Hall–Kier alpha value is -1.65. The van der Waals surface area contributed by atoms with Crippen LogP contribution in [0.5, 0.6) is 0 Å². The molecular formula is C11H16O5. The average Bonchev–Trinajstić information content (AvgIpc) is 2.27. The summed E-state index contributed by atoms with van der Waals surface area (Å²) in [6.07, 6.45) is 1.02. The number of esters is 1. The van der Waals surface area contributed by atoms with Crippen LogP contribution >= 0.6 is 0 Å². The molecule has 0 heterocycles. The molecule has 5 heteroatoms. The van der Waals surface area contributed by atoms with Gasteiger partial charge >= 0.3 is 5.97 Å². The molecule has 0 radical (unpaired) electrons. The molecule has 0 aliphatic carbocycles. The maximum Gasteiger partial charge on any atom is 0.379 e. The topological polar surface area (TPSA) is 69.7 Å². The highest BCUT2D eigenvalue weighted by atomic mass is 16.5. The van der Waals surface area contributed by atoms with Crippen molar-refractivity contribution in [2.45, 2.75) is 20.8 Å². The first kappa shape index (κ1) is 14.3. The molecule has 0 atom stereocenters. The van der Waals surface area contributed by atoms with E-state index in [1.54, 1.807) is 20.8 Å². The lowest BCUT2D eigenvalue weighted by atomic mass is 9.99. The Morgan fingerprint density at radius 2 is 1.81 bits per heavy atom. The van der Waals surface area contributed by atoms with Crippen molar-refractivity contribution in [3.05, 3.63) is 11.8 Å². The van der Waals surface area contributed by atoms with Crippen molar-refractivity contribution in [2.75, 3.05) is 13.7 Å². The van der Waals surface area contributed by atoms with Gasteiger partial charge in [-0.3, -0.25) is 9.59 Å². The average molecular weight is 228 g/mol. The number of carbonyl (C=O) groups excluding carboxylic acids is 3. The highest BCUT2D eigenvalue weighted by Gasteiger charge is 2.27. The van der Waals surface area contributed by atoms with Gasteiger partial charge in [-0.1, -0.05) is 13.8 Å². The maximum atomic E-state index is 11.6. The molecule has 0 rings (SSSR count). The second-order valence-corrected chi connectivity index (χ2v) is 3.33. The molecule has 0 aromatic carbocycles. The zero-order valence-electron chi connectivity index (χ0n) is 9.90. The second-order valence-electron chi connectivity index (χ2n) is 3.33. The zero-order chi connectivity index (χ0) is 12.7. The van der Waals surface area contributed by atoms with Gasteiger partial charge in [-0.05, 0) is 6.92 Å². The summed E-state index contributed by atoms with van der Waals surface area (Å²) >= 11 is 0. The first-order chi connectivity index (χ1) is 7.45. The Morgan fingerprint density at radius 1 is 1.25 bits per heavy atom. The van der Waals surface area contributed by atoms with E-state index in [9.17, 15) is 14.4 Å². The Balaban J connectivity index is 5.03. The SMILES string of the molecule is CCOC=C(C(=O)C(=O)OC)C(=O)C(C)C. The van der Waals surface area contributed by atoms with Gasteiger partial charge in [0.1, 0.15) is 5.57 Å². The minimum Gasteiger partial charge on any atom is -0.501 e. The largest absolute Gasteiger partial charge is 0.501 e. The van der Waals surface area contributed by atoms with E-state index in [4.69, 9.17) is 4.74 Å². The van der Waals surface area contributed by atoms with Gasteiger partial charge in [0.25, 0.3) is 5.78 Å². The van der Waals surface area contributed by atoms with Gasteiger partial charge in [-0.15, -0.1) is 0 Å². The van der Waals surface area contributed by atoms with Gasteiger partial charge in [0.2, 0.25) is 0 Å². The molecular weight excluding hydrogens is 212 g/mol. The van der Waals surface area contributed by atoms with Gasteiger partial charge in [0.15, 0.2) is 5.78 Å². The van der Waals surface area contributed by atoms with Crippen LogP contribution in [0.3, 0.4) is 0 Å². The second kappa shape index (κ2) is 6.76. The number of Topliss-reactive ketones (excluding diaryl/α,β-unsaturated/α-hetero) is 2. The van der Waals surface area contributed by atoms with Gasteiger partial charge < -0.3 is 9.47 Å². The number of ketones is 2. The van der Waals surface area contributed by atoms with Gasteiger partial charge in [-0.2, -0.15) is 0 Å². The van der Waals surface area contributed by atoms with E-state index in [-0.39, 0.29) is 11.5 Å². The minimum absolute atomic E-state index is 0.274. The Labute approximate surface area is 94.4 Å². The quantitative estimate of drug-likeness (QED) is 0.168. The van der Waals surface area contributed by atoms with Crippen LogP contribution in [0.2, 0.25) is 0 Å². The molecule has 0 aromatic heterocycles. The molecule has 0 fully saturated rings. The van der Waals surface area contributed by atoms with Crippen LogP contribution in [0, 0.1) is 5.92 Å². The molecule has 0 bridgehead atoms. The predicted molar refractivity (Wildman–Crippen MR) is 56.6 cm³/mol. The first-order valence-electron chi connectivity index (χ1n) is 4.94. The number of ether oxygens (including phenoxy) is 2. The number of hydrogen-bond donors (Lipinski definition) is 0. The van der Waals surface area contributed by atoms with Gasteiger partial charge in [0, 0.05) is 5.92 Å². The van der Waals surface area contributed by atoms with Crippen LogP contribution in [0.1, 0.15) is 20.8 Å². The number of methoxy groups -OCH3 is 1. The molecule has 0 saturated heterocycles. The lowest BCUT2D eigenvalue weighted by molar-refractivity contribution is -0.150. The Bertz CT molecular complexity index is 314. The highest BCUT2D eigenvalue weighted by molar-refractivity contribution is 6.47. The Kier molecular flexibility index (Phi) is 6.07. The summed E-state index contributed by atoms with van der Waals surface area (Å²) in [4.78, 5) is 34.1. The van der Waals surface area contributed by atoms with E-state index in [2.05, 4.69) is 4.74 Å². The van der Waals surface area contributed by atoms with E-state index >= 15 is 0 Å². The van der Waals surface area contributed by atoms with Crippen LogP contribution in [0.25, 0.3) is 0 Å². The summed E-state index contributed by atoms with van der Waals surface area (Å²) in [6, 6.07) is 0. The standard InChI is InChI=1S/C11H16O5/c1-5-16-6-8(9(12)7(2)3)10(13)11(14)15-4/h6-7H,5H2,1-4H3. The van der Waals surface area contributed by atoms with Crippen molar-refractivity contribution in [1.82, 2.24) is 0 Å². The zero-order valence-corrected chi connectivity index (χ0v) is 9.90. The fourth-order valence-electron chi connectivity index (χ4n) is 0.904. The number of hydrogen-bond acceptors (Lipinski definition) is 5. The van der Waals surface area contributed by atoms with Crippen molar-refractivity contribution in [3.63, 3.8) is 0 Å². The van der Waals surface area contributed by atoms with Crippen LogP contribution in [0.4, 0.5) is 0 Å².